The van der Waals surface area contributed by atoms with E-state index in [9.17, 15) is 0 Å². The monoisotopic (exact) mass is 231 g/mol. The fourth-order valence-corrected chi connectivity index (χ4v) is 1.44. The van der Waals surface area contributed by atoms with Crippen LogP contribution in [0.3, 0.4) is 0 Å². The van der Waals surface area contributed by atoms with E-state index < -0.39 is 0 Å². The zero-order valence-electron chi connectivity index (χ0n) is 9.58. The van der Waals surface area contributed by atoms with Crippen LogP contribution in [0.2, 0.25) is 0 Å². The molecule has 15 heavy (non-hydrogen) atoms. The second kappa shape index (κ2) is 4.47. The summed E-state index contributed by atoms with van der Waals surface area (Å²) in [4.78, 5) is 8.19. The van der Waals surface area contributed by atoms with Gasteiger partial charge in [-0.15, -0.1) is 0 Å². The average molecular weight is 232 g/mol. The van der Waals surface area contributed by atoms with Crippen molar-refractivity contribution in [3.8, 4) is 0 Å². The summed E-state index contributed by atoms with van der Waals surface area (Å²) in [7, 11) is 0. The molecule has 0 radical (unpaired) electrons. The van der Waals surface area contributed by atoms with Crippen molar-refractivity contribution in [2.24, 2.45) is 15.8 Å². The zero-order valence-corrected chi connectivity index (χ0v) is 10.3. The van der Waals surface area contributed by atoms with Gasteiger partial charge in [0.1, 0.15) is 5.84 Å². The Balaban J connectivity index is 2.80. The molecule has 3 N–H and O–H groups in total. The van der Waals surface area contributed by atoms with Crippen molar-refractivity contribution in [1.82, 2.24) is 10.3 Å². The molecule has 0 spiro atoms. The van der Waals surface area contributed by atoms with E-state index in [1.165, 1.54) is 5.01 Å². The molecule has 1 aliphatic heterocycles. The van der Waals surface area contributed by atoms with Gasteiger partial charge in [0.15, 0.2) is 6.29 Å². The van der Waals surface area contributed by atoms with Crippen LogP contribution in [0.4, 0.5) is 0 Å². The van der Waals surface area contributed by atoms with Gasteiger partial charge in [-0.2, -0.15) is 0 Å². The van der Waals surface area contributed by atoms with Gasteiger partial charge in [0.2, 0.25) is 5.29 Å². The molecule has 86 valence electrons. The molecule has 1 aliphatic rings. The Kier molecular flexibility index (Phi) is 3.70. The molecule has 0 fully saturated rings. The van der Waals surface area contributed by atoms with Crippen LogP contribution in [0.1, 0.15) is 34.1 Å². The predicted molar refractivity (Wildman–Crippen MR) is 63.7 cm³/mol. The molecular formula is C9H18ClN5. The molecule has 0 saturated carbocycles. The van der Waals surface area contributed by atoms with Crippen LogP contribution in [0.15, 0.2) is 9.98 Å². The van der Waals surface area contributed by atoms with Gasteiger partial charge in [-0.25, -0.2) is 15.8 Å². The Morgan fingerprint density at radius 2 is 2.13 bits per heavy atom. The van der Waals surface area contributed by atoms with E-state index in [-0.39, 0.29) is 17.1 Å². The molecule has 0 bridgehead atoms. The predicted octanol–water partition coefficient (Wildman–Crippen LogP) is 1.25. The second-order valence-corrected chi connectivity index (χ2v) is 4.79. The van der Waals surface area contributed by atoms with Gasteiger partial charge >= 0.3 is 0 Å². The lowest BCUT2D eigenvalue weighted by Crippen LogP contribution is -2.58. The molecule has 1 heterocycles. The summed E-state index contributed by atoms with van der Waals surface area (Å²) in [5, 5.41) is 5.01. The topological polar surface area (TPSA) is 66.0 Å². The highest BCUT2D eigenvalue weighted by molar-refractivity contribution is 6.65. The first-order valence-electron chi connectivity index (χ1n) is 4.96. The maximum atomic E-state index is 5.88. The minimum atomic E-state index is -0.343. The van der Waals surface area contributed by atoms with E-state index in [4.69, 9.17) is 17.4 Å². The second-order valence-electron chi connectivity index (χ2n) is 4.45. The third-order valence-electron chi connectivity index (χ3n) is 1.89. The van der Waals surface area contributed by atoms with Crippen molar-refractivity contribution in [3.05, 3.63) is 0 Å². The van der Waals surface area contributed by atoms with Crippen LogP contribution in [-0.4, -0.2) is 28.0 Å². The molecule has 0 aromatic rings. The van der Waals surface area contributed by atoms with Crippen LogP contribution in [0, 0.1) is 0 Å². The summed E-state index contributed by atoms with van der Waals surface area (Å²) in [6, 6.07) is 0. The van der Waals surface area contributed by atoms with Crippen molar-refractivity contribution in [1.29, 1.82) is 0 Å². The number of amidine groups is 2. The maximum absolute atomic E-state index is 5.88. The number of hydrogen-bond donors (Lipinski definition) is 2. The Morgan fingerprint density at radius 3 is 2.60 bits per heavy atom. The molecule has 0 aliphatic carbocycles. The molecule has 1 rings (SSSR count). The van der Waals surface area contributed by atoms with Crippen LogP contribution in [0.25, 0.3) is 0 Å². The van der Waals surface area contributed by atoms with E-state index in [0.717, 1.165) is 12.3 Å². The van der Waals surface area contributed by atoms with Crippen LogP contribution in [-0.2, 0) is 0 Å². The van der Waals surface area contributed by atoms with E-state index in [2.05, 4.69) is 15.3 Å². The Labute approximate surface area is 95.4 Å². The van der Waals surface area contributed by atoms with Crippen LogP contribution < -0.4 is 11.2 Å². The molecule has 1 unspecified atom stereocenters. The van der Waals surface area contributed by atoms with Gasteiger partial charge in [-0.3, -0.25) is 10.3 Å². The first-order chi connectivity index (χ1) is 6.83. The van der Waals surface area contributed by atoms with Crippen molar-refractivity contribution in [2.75, 3.05) is 0 Å². The summed E-state index contributed by atoms with van der Waals surface area (Å²) < 4.78 is 0. The molecular weight excluding hydrogens is 214 g/mol. The van der Waals surface area contributed by atoms with E-state index in [1.54, 1.807) is 0 Å². The SMILES string of the molecule is CCC1=NC(Cl)=NC(NC(C)(C)C)N1N. The molecule has 1 atom stereocenters. The third-order valence-corrected chi connectivity index (χ3v) is 2.07. The Hall–Kier alpha value is -0.650. The number of hydrogen-bond acceptors (Lipinski definition) is 5. The lowest BCUT2D eigenvalue weighted by Gasteiger charge is -2.34. The first-order valence-corrected chi connectivity index (χ1v) is 5.34. The van der Waals surface area contributed by atoms with Crippen LogP contribution >= 0.6 is 11.6 Å². The fourth-order valence-electron chi connectivity index (χ4n) is 1.25. The molecule has 0 amide bonds. The summed E-state index contributed by atoms with van der Waals surface area (Å²) in [5.41, 5.74) is -0.0842. The normalized spacial score (nSPS) is 22.5. The standard InChI is InChI=1S/C9H18ClN5/c1-5-6-12-7(10)13-8(15(6)11)14-9(2,3)4/h8,14H,5,11H2,1-4H3. The van der Waals surface area contributed by atoms with Gasteiger partial charge in [0.05, 0.1) is 0 Å². The lowest BCUT2D eigenvalue weighted by atomic mass is 10.1. The van der Waals surface area contributed by atoms with Gasteiger partial charge in [-0.05, 0) is 32.4 Å². The van der Waals surface area contributed by atoms with E-state index in [1.807, 2.05) is 27.7 Å². The van der Waals surface area contributed by atoms with E-state index >= 15 is 0 Å². The highest BCUT2D eigenvalue weighted by Gasteiger charge is 2.26. The molecule has 0 aromatic carbocycles. The smallest absolute Gasteiger partial charge is 0.222 e. The number of rotatable bonds is 2. The quantitative estimate of drug-likeness (QED) is 0.555. The van der Waals surface area contributed by atoms with Crippen molar-refractivity contribution < 1.29 is 0 Å². The van der Waals surface area contributed by atoms with Gasteiger partial charge in [0.25, 0.3) is 0 Å². The largest absolute Gasteiger partial charge is 0.273 e. The van der Waals surface area contributed by atoms with E-state index in [0.29, 0.717) is 0 Å². The van der Waals surface area contributed by atoms with Crippen LogP contribution in [0.5, 0.6) is 0 Å². The van der Waals surface area contributed by atoms with Crippen molar-refractivity contribution in [3.63, 3.8) is 0 Å². The van der Waals surface area contributed by atoms with Gasteiger partial charge in [0, 0.05) is 12.0 Å². The lowest BCUT2D eigenvalue weighted by molar-refractivity contribution is 0.218. The number of aliphatic imine (C=N–C) groups is 2. The maximum Gasteiger partial charge on any atom is 0.222 e. The number of halogens is 1. The minimum Gasteiger partial charge on any atom is -0.273 e. The number of nitrogens with one attached hydrogen (secondary N) is 1. The summed E-state index contributed by atoms with van der Waals surface area (Å²) in [5.74, 6) is 6.61. The molecule has 6 heteroatoms. The summed E-state index contributed by atoms with van der Waals surface area (Å²) >= 11 is 5.82. The van der Waals surface area contributed by atoms with Gasteiger partial charge in [-0.1, -0.05) is 6.92 Å². The zero-order chi connectivity index (χ0) is 11.6. The number of nitrogens with two attached hydrogens (primary N) is 1. The van der Waals surface area contributed by atoms with Gasteiger partial charge < -0.3 is 0 Å². The summed E-state index contributed by atoms with van der Waals surface area (Å²) in [6.07, 6.45) is 0.384. The number of hydrazine groups is 1. The van der Waals surface area contributed by atoms with Crippen molar-refractivity contribution >= 4 is 22.7 Å². The average Bonchev–Trinajstić information content (AvgIpc) is 2.08. The molecule has 5 nitrogen and oxygen atoms in total. The highest BCUT2D eigenvalue weighted by Crippen LogP contribution is 2.11. The highest BCUT2D eigenvalue weighted by atomic mass is 35.5. The van der Waals surface area contributed by atoms with Crippen molar-refractivity contribution in [2.45, 2.75) is 45.9 Å². The number of nitrogens with zero attached hydrogens (tertiary/aromatic N) is 3. The summed E-state index contributed by atoms with van der Waals surface area (Å²) in [6.45, 7) is 8.10. The third kappa shape index (κ3) is 3.44. The molecule has 0 saturated heterocycles. The minimum absolute atomic E-state index is 0.0842. The molecule has 0 aromatic heterocycles. The first kappa shape index (κ1) is 12.4. The fraction of sp³-hybridized carbons (Fsp3) is 0.778. The Bertz CT molecular complexity index is 291. The Morgan fingerprint density at radius 1 is 1.53 bits per heavy atom.